The van der Waals surface area contributed by atoms with Gasteiger partial charge in [-0.2, -0.15) is 0 Å². The molecule has 0 aliphatic carbocycles. The molecule has 0 unspecified atom stereocenters. The van der Waals surface area contributed by atoms with Gasteiger partial charge in [-0.25, -0.2) is 19.2 Å². The van der Waals surface area contributed by atoms with Gasteiger partial charge in [0.05, 0.1) is 383 Å². The molecule has 0 aromatic rings. The van der Waals surface area contributed by atoms with Crippen molar-refractivity contribution in [1.82, 2.24) is 0 Å². The second-order valence-corrected chi connectivity index (χ2v) is 23.4. The van der Waals surface area contributed by atoms with Crippen LogP contribution in [0.5, 0.6) is 0 Å². The molecule has 0 aromatic heterocycles. The highest BCUT2D eigenvalue weighted by Crippen LogP contribution is 1.98. The molecule has 0 spiro atoms. The molecule has 0 rings (SSSR count). The first kappa shape index (κ1) is 113. The summed E-state index contributed by atoms with van der Waals surface area (Å²) in [5.41, 5.74) is 1.46. The summed E-state index contributed by atoms with van der Waals surface area (Å²) < 4.78 is 177. The summed E-state index contributed by atoms with van der Waals surface area (Å²) in [6, 6.07) is 0. The zero-order valence-corrected chi connectivity index (χ0v) is 69.8. The van der Waals surface area contributed by atoms with Gasteiger partial charge in [-0.15, -0.1) is 0 Å². The number of hydrogen-bond donors (Lipinski definition) is 0. The van der Waals surface area contributed by atoms with Crippen molar-refractivity contribution in [3.8, 4) is 0 Å². The van der Waals surface area contributed by atoms with E-state index in [4.69, 9.17) is 156 Å². The molecular formula is C78H144O37. The lowest BCUT2D eigenvalue weighted by Crippen LogP contribution is -2.16. The Labute approximate surface area is 682 Å². The minimum absolute atomic E-state index is 0.192. The molecule has 0 amide bonds. The third kappa shape index (κ3) is 100. The standard InChI is InChI=1S/C40H74O19.C38H70O18/c1-37(2)39(41)58-35-33-56-31-29-54-27-25-52-23-21-50-19-17-48-15-13-46-11-9-44-7-5-43-6-8-45-10-12-47-14-16-49-18-20-51-22-24-53-26-28-55-30-32-57-34-36-59-40(42)38(3)4;1-35(2)37(39)55-33-31-53-29-27-51-25-23-49-21-19-47-17-15-45-13-11-43-9-7-41-5-6-42-8-10-44-12-14-46-16-18-48-20-22-50-24-26-52-28-30-54-32-34-56-38(40)36(3)4/h1,3,5-36H2,2,4H3;1,3,5-34H2,2,4H3. The molecule has 0 saturated carbocycles. The molecular weight excluding hydrogens is 1530 g/mol. The minimum Gasteiger partial charge on any atom is -0.460 e. The fourth-order valence-corrected chi connectivity index (χ4v) is 7.41. The highest BCUT2D eigenvalue weighted by atomic mass is 16.6. The molecule has 0 aliphatic heterocycles. The molecule has 0 bridgehead atoms. The first-order valence-electron chi connectivity index (χ1n) is 39.4. The zero-order valence-electron chi connectivity index (χ0n) is 69.8. The lowest BCUT2D eigenvalue weighted by atomic mass is 10.4. The van der Waals surface area contributed by atoms with E-state index in [-0.39, 0.29) is 26.4 Å². The highest BCUT2D eigenvalue weighted by molar-refractivity contribution is 5.88. The van der Waals surface area contributed by atoms with Crippen molar-refractivity contribution in [3.05, 3.63) is 48.6 Å². The van der Waals surface area contributed by atoms with Gasteiger partial charge in [0.1, 0.15) is 26.4 Å². The Kier molecular flexibility index (Phi) is 96.6. The maximum absolute atomic E-state index is 11.2. The van der Waals surface area contributed by atoms with Crippen molar-refractivity contribution < 1.29 is 175 Å². The van der Waals surface area contributed by atoms with E-state index in [1.165, 1.54) is 0 Å². The van der Waals surface area contributed by atoms with Crippen molar-refractivity contribution in [2.75, 3.05) is 410 Å². The third-order valence-corrected chi connectivity index (χ3v) is 13.3. The van der Waals surface area contributed by atoms with Gasteiger partial charge >= 0.3 is 23.9 Å². The van der Waals surface area contributed by atoms with Crippen molar-refractivity contribution in [3.63, 3.8) is 0 Å². The van der Waals surface area contributed by atoms with Gasteiger partial charge in [0.15, 0.2) is 0 Å². The molecule has 37 nitrogen and oxygen atoms in total. The van der Waals surface area contributed by atoms with Crippen LogP contribution in [0.3, 0.4) is 0 Å². The van der Waals surface area contributed by atoms with Crippen molar-refractivity contribution in [2.24, 2.45) is 0 Å². The molecule has 115 heavy (non-hydrogen) atoms. The highest BCUT2D eigenvalue weighted by Gasteiger charge is 2.08. The van der Waals surface area contributed by atoms with Crippen LogP contribution in [0.15, 0.2) is 48.6 Å². The molecule has 0 aromatic carbocycles. The lowest BCUT2D eigenvalue weighted by molar-refractivity contribution is -0.141. The van der Waals surface area contributed by atoms with E-state index in [2.05, 4.69) is 26.3 Å². The number of rotatable bonds is 97. The summed E-state index contributed by atoms with van der Waals surface area (Å²) in [5, 5.41) is 0. The molecule has 0 fully saturated rings. The average molecular weight is 1670 g/mol. The Morgan fingerprint density at radius 3 is 0.226 bits per heavy atom. The van der Waals surface area contributed by atoms with Gasteiger partial charge in [0.2, 0.25) is 0 Å². The summed E-state index contributed by atoms with van der Waals surface area (Å²) >= 11 is 0. The van der Waals surface area contributed by atoms with E-state index in [1.54, 1.807) is 27.7 Å². The van der Waals surface area contributed by atoms with Crippen LogP contribution in [0.4, 0.5) is 0 Å². The fourth-order valence-electron chi connectivity index (χ4n) is 7.41. The normalized spacial score (nSPS) is 11.3. The van der Waals surface area contributed by atoms with Gasteiger partial charge in [0.25, 0.3) is 0 Å². The maximum atomic E-state index is 11.2. The maximum Gasteiger partial charge on any atom is 0.333 e. The lowest BCUT2D eigenvalue weighted by Gasteiger charge is -2.09. The number of carbonyl (C=O) groups is 4. The Morgan fingerprint density at radius 2 is 0.174 bits per heavy atom. The number of ether oxygens (including phenoxy) is 33. The van der Waals surface area contributed by atoms with Crippen molar-refractivity contribution in [1.29, 1.82) is 0 Å². The second-order valence-electron chi connectivity index (χ2n) is 23.4. The van der Waals surface area contributed by atoms with Crippen LogP contribution in [-0.2, 0) is 175 Å². The fraction of sp³-hybridized carbons (Fsp3) is 0.846. The van der Waals surface area contributed by atoms with Gasteiger partial charge in [-0.1, -0.05) is 26.3 Å². The minimum atomic E-state index is -0.418. The summed E-state index contributed by atoms with van der Waals surface area (Å²) in [6.45, 7) is 47.8. The van der Waals surface area contributed by atoms with Gasteiger partial charge in [-0.3, -0.25) is 0 Å². The number of hydrogen-bond acceptors (Lipinski definition) is 37. The summed E-state index contributed by atoms with van der Waals surface area (Å²) in [7, 11) is 0. The second kappa shape index (κ2) is 98.5. The van der Waals surface area contributed by atoms with E-state index >= 15 is 0 Å². The Balaban J connectivity index is 0. The average Bonchev–Trinajstić information content (AvgIpc) is 1.07. The van der Waals surface area contributed by atoms with Crippen LogP contribution in [0, 0.1) is 0 Å². The van der Waals surface area contributed by atoms with Crippen LogP contribution in [0.2, 0.25) is 0 Å². The first-order valence-corrected chi connectivity index (χ1v) is 39.4. The topological polar surface area (TPSA) is 373 Å². The zero-order chi connectivity index (χ0) is 83.8. The Hall–Kier alpha value is -4.32. The summed E-state index contributed by atoms with van der Waals surface area (Å²) in [5.74, 6) is -1.67. The number of esters is 4. The van der Waals surface area contributed by atoms with Crippen molar-refractivity contribution in [2.45, 2.75) is 27.7 Å². The Morgan fingerprint density at radius 1 is 0.122 bits per heavy atom. The predicted molar refractivity (Wildman–Crippen MR) is 417 cm³/mol. The van der Waals surface area contributed by atoms with Crippen LogP contribution < -0.4 is 0 Å². The molecule has 0 radical (unpaired) electrons. The molecule has 0 N–H and O–H groups in total. The van der Waals surface area contributed by atoms with E-state index in [0.29, 0.717) is 405 Å². The molecule has 0 atom stereocenters. The van der Waals surface area contributed by atoms with E-state index in [0.717, 1.165) is 0 Å². The van der Waals surface area contributed by atoms with Crippen LogP contribution in [0.1, 0.15) is 27.7 Å². The largest absolute Gasteiger partial charge is 0.460 e. The molecule has 0 heterocycles. The quantitative estimate of drug-likeness (QED) is 0.0365. The van der Waals surface area contributed by atoms with Crippen molar-refractivity contribution >= 4 is 23.9 Å². The molecule has 0 saturated heterocycles. The summed E-state index contributed by atoms with van der Waals surface area (Å²) in [6.07, 6.45) is 0. The van der Waals surface area contributed by atoms with Crippen LogP contribution >= 0.6 is 0 Å². The summed E-state index contributed by atoms with van der Waals surface area (Å²) in [4.78, 5) is 44.8. The molecule has 678 valence electrons. The molecule has 37 heteroatoms. The smallest absolute Gasteiger partial charge is 0.333 e. The monoisotopic (exact) mass is 1670 g/mol. The first-order chi connectivity index (χ1) is 56.4. The van der Waals surface area contributed by atoms with E-state index in [9.17, 15) is 19.2 Å². The van der Waals surface area contributed by atoms with Gasteiger partial charge < -0.3 is 156 Å². The SMILES string of the molecule is C=C(C)C(=O)OCCOCCOCCOCCOCCOCCOCCOCCOCCOCCOCCOCCOCCOCCOCCOC(=O)C(=C)C.C=C(C)C(=O)OCCOCCOCCOCCOCCOCCOCCOCCOCCOCCOCCOCCOCCOCCOCCOCCOC(=O)C(=C)C. The van der Waals surface area contributed by atoms with E-state index in [1.807, 2.05) is 0 Å². The van der Waals surface area contributed by atoms with E-state index < -0.39 is 23.9 Å². The van der Waals surface area contributed by atoms with Gasteiger partial charge in [0, 0.05) is 22.3 Å². The predicted octanol–water partition coefficient (Wildman–Crippen LogP) is 2.93. The van der Waals surface area contributed by atoms with Crippen LogP contribution in [0.25, 0.3) is 0 Å². The Bertz CT molecular complexity index is 1980. The third-order valence-electron chi connectivity index (χ3n) is 13.3. The molecule has 0 aliphatic rings. The van der Waals surface area contributed by atoms with Gasteiger partial charge in [-0.05, 0) is 27.7 Å². The number of carbonyl (C=O) groups excluding carboxylic acids is 4. The van der Waals surface area contributed by atoms with Crippen LogP contribution in [-0.4, -0.2) is 434 Å².